The summed E-state index contributed by atoms with van der Waals surface area (Å²) in [5.41, 5.74) is 5.29. The van der Waals surface area contributed by atoms with Crippen LogP contribution >= 0.6 is 11.6 Å². The molecular weight excluding hydrogens is 298 g/mol. The molecule has 1 amide bonds. The number of nitrogens with one attached hydrogen (secondary N) is 1. The maximum Gasteiger partial charge on any atom is 0.243 e. The third kappa shape index (κ3) is 5.17. The summed E-state index contributed by atoms with van der Waals surface area (Å²) in [7, 11) is 0. The Bertz CT molecular complexity index is 593. The van der Waals surface area contributed by atoms with Crippen LogP contribution in [0.1, 0.15) is 31.2 Å². The molecule has 0 aliphatic heterocycles. The molecule has 3 nitrogen and oxygen atoms in total. The normalized spacial score (nSPS) is 10.5. The van der Waals surface area contributed by atoms with Gasteiger partial charge in [-0.1, -0.05) is 54.4 Å². The third-order valence-electron chi connectivity index (χ3n) is 3.63. The Labute approximate surface area is 135 Å². The van der Waals surface area contributed by atoms with Gasteiger partial charge in [-0.3, -0.25) is 10.0 Å². The number of rotatable bonds is 7. The van der Waals surface area contributed by atoms with Gasteiger partial charge in [-0.15, -0.1) is 0 Å². The first kappa shape index (κ1) is 16.5. The van der Waals surface area contributed by atoms with Crippen LogP contribution in [0.25, 0.3) is 11.1 Å². The molecule has 4 heteroatoms. The lowest BCUT2D eigenvalue weighted by Crippen LogP contribution is -2.17. The van der Waals surface area contributed by atoms with Crippen molar-refractivity contribution in [1.29, 1.82) is 0 Å². The van der Waals surface area contributed by atoms with Crippen LogP contribution in [0.15, 0.2) is 48.5 Å². The number of hydroxylamine groups is 1. The number of unbranched alkanes of at least 4 members (excludes halogenated alkanes) is 2. The van der Waals surface area contributed by atoms with E-state index in [1.54, 1.807) is 5.48 Å². The second-order valence-corrected chi connectivity index (χ2v) is 5.74. The topological polar surface area (TPSA) is 49.3 Å². The van der Waals surface area contributed by atoms with E-state index in [-0.39, 0.29) is 5.91 Å². The van der Waals surface area contributed by atoms with Crippen molar-refractivity contribution >= 4 is 17.5 Å². The van der Waals surface area contributed by atoms with Gasteiger partial charge in [0.2, 0.25) is 5.91 Å². The Balaban J connectivity index is 1.79. The lowest BCUT2D eigenvalue weighted by molar-refractivity contribution is -0.129. The summed E-state index contributed by atoms with van der Waals surface area (Å²) in [6, 6.07) is 16.4. The minimum atomic E-state index is -0.313. The van der Waals surface area contributed by atoms with Crippen LogP contribution in [0.3, 0.4) is 0 Å². The smallest absolute Gasteiger partial charge is 0.243 e. The molecule has 0 heterocycles. The molecule has 0 unspecified atom stereocenters. The standard InChI is InChI=1S/C18H20ClNO2/c19-17-12-10-16(11-13-17)15-8-6-14(7-9-15)4-2-1-3-5-18(21)20-22/h6-13,22H,1-5H2,(H,20,21). The van der Waals surface area contributed by atoms with Gasteiger partial charge < -0.3 is 0 Å². The van der Waals surface area contributed by atoms with Gasteiger partial charge in [0.1, 0.15) is 0 Å². The highest BCUT2D eigenvalue weighted by Crippen LogP contribution is 2.22. The molecule has 0 bridgehead atoms. The fourth-order valence-corrected chi connectivity index (χ4v) is 2.48. The summed E-state index contributed by atoms with van der Waals surface area (Å²) in [6.45, 7) is 0. The number of hydrogen-bond donors (Lipinski definition) is 2. The molecule has 2 N–H and O–H groups in total. The van der Waals surface area contributed by atoms with E-state index in [2.05, 4.69) is 24.3 Å². The zero-order valence-electron chi connectivity index (χ0n) is 12.4. The number of halogens is 1. The first-order valence-corrected chi connectivity index (χ1v) is 7.84. The van der Waals surface area contributed by atoms with E-state index in [4.69, 9.17) is 16.8 Å². The quantitative estimate of drug-likeness (QED) is 0.445. The number of benzene rings is 2. The molecule has 0 spiro atoms. The lowest BCUT2D eigenvalue weighted by atomic mass is 10.0. The van der Waals surface area contributed by atoms with E-state index in [0.717, 1.165) is 36.3 Å². The molecule has 2 aromatic carbocycles. The van der Waals surface area contributed by atoms with Crippen LogP contribution in [0.4, 0.5) is 0 Å². The van der Waals surface area contributed by atoms with Crippen molar-refractivity contribution in [2.24, 2.45) is 0 Å². The second-order valence-electron chi connectivity index (χ2n) is 5.30. The average molecular weight is 318 g/mol. The number of carbonyl (C=O) groups is 1. The van der Waals surface area contributed by atoms with Gasteiger partial charge >= 0.3 is 0 Å². The van der Waals surface area contributed by atoms with Crippen molar-refractivity contribution in [2.75, 3.05) is 0 Å². The van der Waals surface area contributed by atoms with E-state index in [9.17, 15) is 4.79 Å². The highest BCUT2D eigenvalue weighted by atomic mass is 35.5. The summed E-state index contributed by atoms with van der Waals surface area (Å²) < 4.78 is 0. The van der Waals surface area contributed by atoms with Crippen molar-refractivity contribution in [3.8, 4) is 11.1 Å². The van der Waals surface area contributed by atoms with Crippen LogP contribution in [0, 0.1) is 0 Å². The maximum atomic E-state index is 10.9. The lowest BCUT2D eigenvalue weighted by Gasteiger charge is -2.05. The Hall–Kier alpha value is -1.84. The summed E-state index contributed by atoms with van der Waals surface area (Å²) in [5.74, 6) is -0.313. The molecule has 22 heavy (non-hydrogen) atoms. The van der Waals surface area contributed by atoms with E-state index in [1.165, 1.54) is 11.1 Å². The fraction of sp³-hybridized carbons (Fsp3) is 0.278. The van der Waals surface area contributed by atoms with Crippen molar-refractivity contribution in [3.05, 3.63) is 59.1 Å². The van der Waals surface area contributed by atoms with Crippen molar-refractivity contribution in [3.63, 3.8) is 0 Å². The molecule has 0 atom stereocenters. The monoisotopic (exact) mass is 317 g/mol. The van der Waals surface area contributed by atoms with Crippen LogP contribution in [-0.4, -0.2) is 11.1 Å². The first-order valence-electron chi connectivity index (χ1n) is 7.47. The Morgan fingerprint density at radius 3 is 2.09 bits per heavy atom. The number of carbonyl (C=O) groups excluding carboxylic acids is 1. The zero-order chi connectivity index (χ0) is 15.8. The molecule has 0 radical (unpaired) electrons. The minimum Gasteiger partial charge on any atom is -0.289 e. The van der Waals surface area contributed by atoms with Gasteiger partial charge in [0, 0.05) is 11.4 Å². The number of aryl methyl sites for hydroxylation is 1. The van der Waals surface area contributed by atoms with Gasteiger partial charge in [-0.05, 0) is 48.1 Å². The van der Waals surface area contributed by atoms with E-state index >= 15 is 0 Å². The molecule has 116 valence electrons. The molecule has 0 aliphatic rings. The fourth-order valence-electron chi connectivity index (χ4n) is 2.35. The van der Waals surface area contributed by atoms with Gasteiger partial charge in [0.05, 0.1) is 0 Å². The van der Waals surface area contributed by atoms with Crippen LogP contribution < -0.4 is 5.48 Å². The molecule has 2 rings (SSSR count). The van der Waals surface area contributed by atoms with Crippen molar-refractivity contribution in [1.82, 2.24) is 5.48 Å². The SMILES string of the molecule is O=C(CCCCCc1ccc(-c2ccc(Cl)cc2)cc1)NO. The molecule has 0 saturated heterocycles. The predicted octanol–water partition coefficient (Wildman–Crippen LogP) is 4.62. The van der Waals surface area contributed by atoms with Gasteiger partial charge in [0.15, 0.2) is 0 Å². The van der Waals surface area contributed by atoms with E-state index in [1.807, 2.05) is 24.3 Å². The first-order chi connectivity index (χ1) is 10.7. The molecule has 0 saturated carbocycles. The molecule has 0 aromatic heterocycles. The van der Waals surface area contributed by atoms with E-state index in [0.29, 0.717) is 6.42 Å². The minimum absolute atomic E-state index is 0.313. The van der Waals surface area contributed by atoms with Crippen LogP contribution in [-0.2, 0) is 11.2 Å². The second kappa shape index (κ2) is 8.57. The summed E-state index contributed by atoms with van der Waals surface area (Å²) in [5, 5.41) is 9.14. The number of amides is 1. The average Bonchev–Trinajstić information content (AvgIpc) is 2.55. The Morgan fingerprint density at radius 1 is 0.909 bits per heavy atom. The molecule has 0 fully saturated rings. The van der Waals surface area contributed by atoms with Gasteiger partial charge in [-0.25, -0.2) is 5.48 Å². The van der Waals surface area contributed by atoms with Crippen molar-refractivity contribution in [2.45, 2.75) is 32.1 Å². The molecule has 0 aliphatic carbocycles. The third-order valence-corrected chi connectivity index (χ3v) is 3.88. The maximum absolute atomic E-state index is 10.9. The highest BCUT2D eigenvalue weighted by molar-refractivity contribution is 6.30. The van der Waals surface area contributed by atoms with Crippen LogP contribution in [0.5, 0.6) is 0 Å². The van der Waals surface area contributed by atoms with Crippen LogP contribution in [0.2, 0.25) is 5.02 Å². The predicted molar refractivity (Wildman–Crippen MR) is 89.0 cm³/mol. The van der Waals surface area contributed by atoms with Crippen molar-refractivity contribution < 1.29 is 10.0 Å². The molecule has 2 aromatic rings. The Morgan fingerprint density at radius 2 is 1.50 bits per heavy atom. The number of hydrogen-bond acceptors (Lipinski definition) is 2. The highest BCUT2D eigenvalue weighted by Gasteiger charge is 2.01. The zero-order valence-corrected chi connectivity index (χ0v) is 13.1. The summed E-state index contributed by atoms with van der Waals surface area (Å²) in [4.78, 5) is 10.9. The summed E-state index contributed by atoms with van der Waals surface area (Å²) >= 11 is 5.90. The molecular formula is C18H20ClNO2. The van der Waals surface area contributed by atoms with Gasteiger partial charge in [0.25, 0.3) is 0 Å². The van der Waals surface area contributed by atoms with Gasteiger partial charge in [-0.2, -0.15) is 0 Å². The Kier molecular flexibility index (Phi) is 6.44. The van der Waals surface area contributed by atoms with E-state index < -0.39 is 0 Å². The summed E-state index contributed by atoms with van der Waals surface area (Å²) in [6.07, 6.45) is 4.20. The largest absolute Gasteiger partial charge is 0.289 e.